The van der Waals surface area contributed by atoms with Gasteiger partial charge in [-0.15, -0.1) is 0 Å². The molecule has 2 rings (SSSR count). The quantitative estimate of drug-likeness (QED) is 0.855. The first-order chi connectivity index (χ1) is 10.6. The van der Waals surface area contributed by atoms with Crippen molar-refractivity contribution in [3.8, 4) is 0 Å². The Morgan fingerprint density at radius 3 is 2.09 bits per heavy atom. The highest BCUT2D eigenvalue weighted by Gasteiger charge is 2.47. The highest BCUT2D eigenvalue weighted by molar-refractivity contribution is 7.89. The van der Waals surface area contributed by atoms with Crippen LogP contribution in [0, 0.1) is 6.92 Å². The van der Waals surface area contributed by atoms with Crippen molar-refractivity contribution < 1.29 is 21.6 Å². The fourth-order valence-electron chi connectivity index (χ4n) is 2.08. The molecular formula is C14H14F3N3O2S. The zero-order valence-corrected chi connectivity index (χ0v) is 13.1. The maximum absolute atomic E-state index is 13.5. The van der Waals surface area contributed by atoms with Gasteiger partial charge in [0.1, 0.15) is 17.3 Å². The molecule has 2 aromatic rings. The van der Waals surface area contributed by atoms with Gasteiger partial charge in [-0.25, -0.2) is 18.4 Å². The molecule has 0 aliphatic heterocycles. The molecule has 0 amide bonds. The van der Waals surface area contributed by atoms with Crippen LogP contribution in [0.3, 0.4) is 0 Å². The molecule has 0 saturated carbocycles. The second-order valence-electron chi connectivity index (χ2n) is 4.95. The van der Waals surface area contributed by atoms with Crippen LogP contribution in [-0.4, -0.2) is 35.9 Å². The fourth-order valence-corrected chi connectivity index (χ4v) is 3.32. The average molecular weight is 345 g/mol. The Balaban J connectivity index is 2.50. The van der Waals surface area contributed by atoms with Crippen LogP contribution in [0.1, 0.15) is 17.2 Å². The Morgan fingerprint density at radius 1 is 1.09 bits per heavy atom. The van der Waals surface area contributed by atoms with Crippen molar-refractivity contribution in [2.45, 2.75) is 24.0 Å². The van der Waals surface area contributed by atoms with Crippen molar-refractivity contribution in [1.82, 2.24) is 14.3 Å². The molecule has 0 radical (unpaired) electrons. The van der Waals surface area contributed by atoms with E-state index in [1.165, 1.54) is 24.3 Å². The molecule has 124 valence electrons. The Labute approximate surface area is 131 Å². The Kier molecular flexibility index (Phi) is 4.71. The standard InChI is InChI=1S/C14H14F3N3O2S/c1-10-3-5-11(6-4-10)13(14(15,16)17)20(2)23(21,22)12-7-18-9-19-8-12/h3-9,13H,1-2H3/t13-/m1/s1. The highest BCUT2D eigenvalue weighted by atomic mass is 32.2. The van der Waals surface area contributed by atoms with Gasteiger partial charge in [-0.3, -0.25) is 0 Å². The smallest absolute Gasteiger partial charge is 0.243 e. The van der Waals surface area contributed by atoms with Gasteiger partial charge in [0.15, 0.2) is 0 Å². The summed E-state index contributed by atoms with van der Waals surface area (Å²) in [5, 5.41) is 0. The molecule has 9 heteroatoms. The summed E-state index contributed by atoms with van der Waals surface area (Å²) in [5.74, 6) is 0. The fraction of sp³-hybridized carbons (Fsp3) is 0.286. The molecule has 0 N–H and O–H groups in total. The zero-order chi connectivity index (χ0) is 17.3. The zero-order valence-electron chi connectivity index (χ0n) is 12.3. The Hall–Kier alpha value is -2.00. The number of aromatic nitrogens is 2. The third-order valence-corrected chi connectivity index (χ3v) is 5.06. The van der Waals surface area contributed by atoms with E-state index in [9.17, 15) is 21.6 Å². The second kappa shape index (κ2) is 6.25. The predicted octanol–water partition coefficient (Wildman–Crippen LogP) is 2.71. The molecule has 0 bridgehead atoms. The lowest BCUT2D eigenvalue weighted by Crippen LogP contribution is -2.39. The summed E-state index contributed by atoms with van der Waals surface area (Å²) >= 11 is 0. The van der Waals surface area contributed by atoms with E-state index in [1.807, 2.05) is 0 Å². The van der Waals surface area contributed by atoms with E-state index in [0.717, 1.165) is 31.3 Å². The summed E-state index contributed by atoms with van der Waals surface area (Å²) in [7, 11) is -3.50. The summed E-state index contributed by atoms with van der Waals surface area (Å²) < 4.78 is 65.5. The molecule has 1 aromatic heterocycles. The lowest BCUT2D eigenvalue weighted by molar-refractivity contribution is -0.171. The molecule has 1 aromatic carbocycles. The van der Waals surface area contributed by atoms with Crippen molar-refractivity contribution in [2.75, 3.05) is 7.05 Å². The molecule has 0 fully saturated rings. The van der Waals surface area contributed by atoms with Crippen molar-refractivity contribution in [1.29, 1.82) is 0 Å². The normalized spacial score (nSPS) is 14.0. The largest absolute Gasteiger partial charge is 0.409 e. The summed E-state index contributed by atoms with van der Waals surface area (Å²) in [4.78, 5) is 6.68. The van der Waals surface area contributed by atoms with Gasteiger partial charge >= 0.3 is 6.18 Å². The van der Waals surface area contributed by atoms with Crippen molar-refractivity contribution in [2.24, 2.45) is 0 Å². The maximum atomic E-state index is 13.5. The van der Waals surface area contributed by atoms with Crippen LogP contribution in [0.5, 0.6) is 0 Å². The lowest BCUT2D eigenvalue weighted by Gasteiger charge is -2.29. The number of alkyl halides is 3. The van der Waals surface area contributed by atoms with Gasteiger partial charge in [0, 0.05) is 7.05 Å². The highest BCUT2D eigenvalue weighted by Crippen LogP contribution is 2.39. The van der Waals surface area contributed by atoms with Gasteiger partial charge in [0.25, 0.3) is 0 Å². The number of hydrogen-bond donors (Lipinski definition) is 0. The maximum Gasteiger partial charge on any atom is 0.409 e. The minimum atomic E-state index is -4.77. The van der Waals surface area contributed by atoms with Crippen molar-refractivity contribution in [3.63, 3.8) is 0 Å². The SMILES string of the molecule is Cc1ccc([C@@H](N(C)S(=O)(=O)c2cncnc2)C(F)(F)F)cc1. The third-order valence-electron chi connectivity index (χ3n) is 3.28. The molecule has 1 heterocycles. The molecule has 5 nitrogen and oxygen atoms in total. The van der Waals surface area contributed by atoms with E-state index in [0.29, 0.717) is 0 Å². The topological polar surface area (TPSA) is 63.2 Å². The molecule has 0 spiro atoms. The molecule has 0 aliphatic rings. The molecule has 1 atom stereocenters. The van der Waals surface area contributed by atoms with Gasteiger partial charge in [-0.2, -0.15) is 17.5 Å². The summed E-state index contributed by atoms with van der Waals surface area (Å²) in [6, 6.07) is 3.23. The molecule has 0 aliphatic carbocycles. The molecule has 0 unspecified atom stereocenters. The van der Waals surface area contributed by atoms with Crippen LogP contribution in [-0.2, 0) is 10.0 Å². The third kappa shape index (κ3) is 3.67. The van der Waals surface area contributed by atoms with E-state index in [1.54, 1.807) is 6.92 Å². The van der Waals surface area contributed by atoms with Crippen LogP contribution in [0.4, 0.5) is 13.2 Å². The van der Waals surface area contributed by atoms with Crippen LogP contribution >= 0.6 is 0 Å². The Bertz CT molecular complexity index is 762. The van der Waals surface area contributed by atoms with Crippen LogP contribution in [0.2, 0.25) is 0 Å². The number of aryl methyl sites for hydroxylation is 1. The van der Waals surface area contributed by atoms with E-state index in [2.05, 4.69) is 9.97 Å². The molecule has 0 saturated heterocycles. The molecule has 23 heavy (non-hydrogen) atoms. The lowest BCUT2D eigenvalue weighted by atomic mass is 10.1. The minimum absolute atomic E-state index is 0.161. The summed E-state index contributed by atoms with van der Waals surface area (Å²) in [5.41, 5.74) is 0.614. The van der Waals surface area contributed by atoms with Gasteiger partial charge in [0.05, 0.1) is 12.4 Å². The number of benzene rings is 1. The average Bonchev–Trinajstić information content (AvgIpc) is 2.49. The second-order valence-corrected chi connectivity index (χ2v) is 6.95. The minimum Gasteiger partial charge on any atom is -0.243 e. The van der Waals surface area contributed by atoms with Gasteiger partial charge in [0.2, 0.25) is 10.0 Å². The van der Waals surface area contributed by atoms with E-state index in [4.69, 9.17) is 0 Å². The molecular weight excluding hydrogens is 331 g/mol. The number of halogens is 3. The number of nitrogens with zero attached hydrogens (tertiary/aromatic N) is 3. The van der Waals surface area contributed by atoms with Gasteiger partial charge in [-0.05, 0) is 12.5 Å². The Morgan fingerprint density at radius 2 is 1.61 bits per heavy atom. The van der Waals surface area contributed by atoms with E-state index in [-0.39, 0.29) is 9.87 Å². The summed E-state index contributed by atoms with van der Waals surface area (Å²) in [6.07, 6.45) is -1.75. The van der Waals surface area contributed by atoms with Crippen molar-refractivity contribution in [3.05, 3.63) is 54.1 Å². The van der Waals surface area contributed by atoms with Crippen LogP contribution in [0.25, 0.3) is 0 Å². The van der Waals surface area contributed by atoms with E-state index < -0.39 is 27.1 Å². The van der Waals surface area contributed by atoms with Gasteiger partial charge < -0.3 is 0 Å². The number of sulfonamides is 1. The first-order valence-corrected chi connectivity index (χ1v) is 7.94. The van der Waals surface area contributed by atoms with Crippen molar-refractivity contribution >= 4 is 10.0 Å². The predicted molar refractivity (Wildman–Crippen MR) is 77.0 cm³/mol. The number of hydrogen-bond acceptors (Lipinski definition) is 4. The van der Waals surface area contributed by atoms with Crippen LogP contribution < -0.4 is 0 Å². The van der Waals surface area contributed by atoms with Crippen LogP contribution in [0.15, 0.2) is 47.9 Å². The number of rotatable bonds is 4. The first kappa shape index (κ1) is 17.4. The first-order valence-electron chi connectivity index (χ1n) is 6.50. The van der Waals surface area contributed by atoms with Gasteiger partial charge in [-0.1, -0.05) is 29.8 Å². The van der Waals surface area contributed by atoms with E-state index >= 15 is 0 Å². The summed E-state index contributed by atoms with van der Waals surface area (Å²) in [6.45, 7) is 1.73. The monoisotopic (exact) mass is 345 g/mol.